The number of hydrogen-bond donors (Lipinski definition) is 3. The van der Waals surface area contributed by atoms with Gasteiger partial charge < -0.3 is 20.5 Å². The van der Waals surface area contributed by atoms with Crippen LogP contribution in [-0.4, -0.2) is 53.2 Å². The van der Waals surface area contributed by atoms with E-state index in [1.54, 1.807) is 0 Å². The Morgan fingerprint density at radius 1 is 0.912 bits per heavy atom. The fraction of sp³-hybridized carbons (Fsp3) is 0.444. The molecule has 0 bridgehead atoms. The number of aryl methyl sites for hydroxylation is 1. The number of hydrogen-bond acceptors (Lipinski definition) is 6. The van der Waals surface area contributed by atoms with Gasteiger partial charge in [0.2, 0.25) is 5.95 Å². The number of nitrogens with one attached hydrogen (secondary N) is 3. The van der Waals surface area contributed by atoms with E-state index in [1.807, 2.05) is 38.4 Å². The standard InChI is InChI=1S/C27H35N7/c1-34(2)26-21-8-3-4-9-22(21)32-27(33-26)29-20-15-13-19(14-16-20)18-28-17-7-12-25-30-23-10-5-6-11-24(23)31-25/h3-6,8-11,19-20,28H,7,12-18H2,1-2H3,(H,30,31)(H,29,32,33)/t19-,20+. The van der Waals surface area contributed by atoms with Gasteiger partial charge in [-0.2, -0.15) is 4.98 Å². The Kier molecular flexibility index (Phi) is 6.90. The molecule has 7 nitrogen and oxygen atoms in total. The van der Waals surface area contributed by atoms with Crippen LogP contribution in [0.25, 0.3) is 21.9 Å². The second-order valence-corrected chi connectivity index (χ2v) is 9.65. The van der Waals surface area contributed by atoms with Gasteiger partial charge in [0.1, 0.15) is 11.6 Å². The van der Waals surface area contributed by atoms with E-state index in [9.17, 15) is 0 Å². The molecule has 3 N–H and O–H groups in total. The summed E-state index contributed by atoms with van der Waals surface area (Å²) in [5.74, 6) is 3.55. The molecular formula is C27H35N7. The van der Waals surface area contributed by atoms with Crippen LogP contribution < -0.4 is 15.5 Å². The predicted octanol–water partition coefficient (Wildman–Crippen LogP) is 4.77. The molecule has 0 aliphatic heterocycles. The molecule has 7 heteroatoms. The maximum absolute atomic E-state index is 4.81. The van der Waals surface area contributed by atoms with Crippen molar-refractivity contribution in [1.82, 2.24) is 25.3 Å². The van der Waals surface area contributed by atoms with Crippen LogP contribution in [0.5, 0.6) is 0 Å². The molecule has 1 aliphatic carbocycles. The van der Waals surface area contributed by atoms with Gasteiger partial charge in [0.05, 0.1) is 16.6 Å². The van der Waals surface area contributed by atoms with Gasteiger partial charge in [0, 0.05) is 31.9 Å². The lowest BCUT2D eigenvalue weighted by Crippen LogP contribution is -2.32. The zero-order chi connectivity index (χ0) is 23.3. The van der Waals surface area contributed by atoms with E-state index < -0.39 is 0 Å². The van der Waals surface area contributed by atoms with Crippen molar-refractivity contribution >= 4 is 33.7 Å². The molecule has 34 heavy (non-hydrogen) atoms. The summed E-state index contributed by atoms with van der Waals surface area (Å²) in [5.41, 5.74) is 3.18. The number of fused-ring (bicyclic) bond motifs is 2. The maximum Gasteiger partial charge on any atom is 0.225 e. The van der Waals surface area contributed by atoms with E-state index >= 15 is 0 Å². The largest absolute Gasteiger partial charge is 0.362 e. The number of H-pyrrole nitrogens is 1. The first-order valence-electron chi connectivity index (χ1n) is 12.5. The molecule has 2 aromatic heterocycles. The second kappa shape index (κ2) is 10.4. The molecule has 2 heterocycles. The third-order valence-electron chi connectivity index (χ3n) is 6.83. The summed E-state index contributed by atoms with van der Waals surface area (Å²) in [6.45, 7) is 2.14. The molecule has 178 valence electrons. The fourth-order valence-electron chi connectivity index (χ4n) is 4.97. The van der Waals surface area contributed by atoms with Crippen LogP contribution in [-0.2, 0) is 6.42 Å². The predicted molar refractivity (Wildman–Crippen MR) is 141 cm³/mol. The first-order valence-corrected chi connectivity index (χ1v) is 12.5. The van der Waals surface area contributed by atoms with Crippen LogP contribution >= 0.6 is 0 Å². The molecule has 0 radical (unpaired) electrons. The third-order valence-corrected chi connectivity index (χ3v) is 6.83. The number of nitrogens with zero attached hydrogens (tertiary/aromatic N) is 4. The highest BCUT2D eigenvalue weighted by Crippen LogP contribution is 2.28. The summed E-state index contributed by atoms with van der Waals surface area (Å²) in [7, 11) is 4.07. The van der Waals surface area contributed by atoms with Crippen LogP contribution in [0.3, 0.4) is 0 Å². The molecule has 0 unspecified atom stereocenters. The lowest BCUT2D eigenvalue weighted by atomic mass is 9.86. The van der Waals surface area contributed by atoms with E-state index in [0.29, 0.717) is 6.04 Å². The molecule has 0 saturated heterocycles. The van der Waals surface area contributed by atoms with E-state index in [-0.39, 0.29) is 0 Å². The first kappa shape index (κ1) is 22.6. The SMILES string of the molecule is CN(C)c1nc(N[C@H]2CC[C@@H](CNCCCc3nc4ccccc4[nH]3)CC2)nc2ccccc12. The number of benzene rings is 2. The van der Waals surface area contributed by atoms with Gasteiger partial charge in [-0.15, -0.1) is 0 Å². The molecule has 1 aliphatic rings. The Morgan fingerprint density at radius 2 is 1.68 bits per heavy atom. The Hall–Kier alpha value is -3.19. The zero-order valence-electron chi connectivity index (χ0n) is 20.2. The monoisotopic (exact) mass is 457 g/mol. The van der Waals surface area contributed by atoms with Crippen LogP contribution in [0.15, 0.2) is 48.5 Å². The summed E-state index contributed by atoms with van der Waals surface area (Å²) in [6, 6.07) is 16.9. The zero-order valence-corrected chi connectivity index (χ0v) is 20.2. The topological polar surface area (TPSA) is 81.8 Å². The van der Waals surface area contributed by atoms with Crippen molar-refractivity contribution in [1.29, 1.82) is 0 Å². The average molecular weight is 458 g/mol. The molecule has 0 amide bonds. The van der Waals surface area contributed by atoms with Gasteiger partial charge in [0.15, 0.2) is 0 Å². The van der Waals surface area contributed by atoms with Crippen LogP contribution in [0.2, 0.25) is 0 Å². The van der Waals surface area contributed by atoms with Crippen molar-refractivity contribution in [3.8, 4) is 0 Å². The van der Waals surface area contributed by atoms with Gasteiger partial charge in [-0.1, -0.05) is 24.3 Å². The minimum Gasteiger partial charge on any atom is -0.362 e. The highest BCUT2D eigenvalue weighted by Gasteiger charge is 2.22. The maximum atomic E-state index is 4.81. The van der Waals surface area contributed by atoms with Crippen molar-refractivity contribution in [2.45, 2.75) is 44.6 Å². The Bertz CT molecular complexity index is 1190. The normalized spacial score (nSPS) is 18.4. The number of anilines is 2. The lowest BCUT2D eigenvalue weighted by molar-refractivity contribution is 0.324. The summed E-state index contributed by atoms with van der Waals surface area (Å²) >= 11 is 0. The summed E-state index contributed by atoms with van der Waals surface area (Å²) in [5, 5.41) is 8.38. The molecule has 0 spiro atoms. The minimum atomic E-state index is 0.445. The number of imidazole rings is 1. The van der Waals surface area contributed by atoms with Gasteiger partial charge >= 0.3 is 0 Å². The molecule has 0 atom stereocenters. The van der Waals surface area contributed by atoms with E-state index in [4.69, 9.17) is 9.97 Å². The molecule has 1 saturated carbocycles. The number of rotatable bonds is 9. The molecular weight excluding hydrogens is 422 g/mol. The fourth-order valence-corrected chi connectivity index (χ4v) is 4.97. The average Bonchev–Trinajstić information content (AvgIpc) is 3.27. The number of para-hydroxylation sites is 3. The molecule has 2 aromatic carbocycles. The van der Waals surface area contributed by atoms with E-state index in [1.165, 1.54) is 25.7 Å². The lowest BCUT2D eigenvalue weighted by Gasteiger charge is -2.29. The highest BCUT2D eigenvalue weighted by atomic mass is 15.2. The quantitative estimate of drug-likeness (QED) is 0.314. The highest BCUT2D eigenvalue weighted by molar-refractivity contribution is 5.90. The van der Waals surface area contributed by atoms with E-state index in [0.717, 1.165) is 71.4 Å². The first-order chi connectivity index (χ1) is 16.7. The Morgan fingerprint density at radius 3 is 2.47 bits per heavy atom. The van der Waals surface area contributed by atoms with E-state index in [2.05, 4.69) is 49.8 Å². The smallest absolute Gasteiger partial charge is 0.225 e. The Labute approximate surface area is 201 Å². The van der Waals surface area contributed by atoms with Crippen molar-refractivity contribution in [3.05, 3.63) is 54.4 Å². The van der Waals surface area contributed by atoms with Crippen LogP contribution in [0.4, 0.5) is 11.8 Å². The van der Waals surface area contributed by atoms with Crippen molar-refractivity contribution in [3.63, 3.8) is 0 Å². The third kappa shape index (κ3) is 5.30. The number of aromatic amines is 1. The van der Waals surface area contributed by atoms with Crippen LogP contribution in [0.1, 0.15) is 37.9 Å². The molecule has 5 rings (SSSR count). The van der Waals surface area contributed by atoms with Crippen molar-refractivity contribution in [2.75, 3.05) is 37.4 Å². The van der Waals surface area contributed by atoms with Gasteiger partial charge in [-0.25, -0.2) is 9.97 Å². The molecule has 1 fully saturated rings. The number of aromatic nitrogens is 4. The van der Waals surface area contributed by atoms with Gasteiger partial charge in [-0.05, 0) is 75.4 Å². The minimum absolute atomic E-state index is 0.445. The van der Waals surface area contributed by atoms with Crippen LogP contribution in [0, 0.1) is 5.92 Å². The van der Waals surface area contributed by atoms with Crippen molar-refractivity contribution in [2.24, 2.45) is 5.92 Å². The van der Waals surface area contributed by atoms with Crippen molar-refractivity contribution < 1.29 is 0 Å². The molecule has 4 aromatic rings. The van der Waals surface area contributed by atoms with Gasteiger partial charge in [-0.3, -0.25) is 0 Å². The van der Waals surface area contributed by atoms with Gasteiger partial charge in [0.25, 0.3) is 0 Å². The second-order valence-electron chi connectivity index (χ2n) is 9.65. The summed E-state index contributed by atoms with van der Waals surface area (Å²) in [4.78, 5) is 19.7. The Balaban J connectivity index is 1.05. The summed E-state index contributed by atoms with van der Waals surface area (Å²) < 4.78 is 0. The summed E-state index contributed by atoms with van der Waals surface area (Å²) in [6.07, 6.45) is 6.89.